The molecular formula is C18H19BrN4O3. The largest absolute Gasteiger partial charge is 0.450 e. The van der Waals surface area contributed by atoms with E-state index in [-0.39, 0.29) is 6.61 Å². The van der Waals surface area contributed by atoms with Crippen LogP contribution in [0.2, 0.25) is 0 Å². The van der Waals surface area contributed by atoms with Crippen LogP contribution in [-0.4, -0.2) is 33.9 Å². The number of fused-ring (bicyclic) bond motifs is 1. The summed E-state index contributed by atoms with van der Waals surface area (Å²) in [4.78, 5) is 16.7. The molecule has 2 heterocycles. The van der Waals surface area contributed by atoms with Crippen LogP contribution in [0.3, 0.4) is 0 Å². The summed E-state index contributed by atoms with van der Waals surface area (Å²) in [6.45, 7) is 4.20. The number of hydrogen-bond donors (Lipinski definition) is 1. The van der Waals surface area contributed by atoms with Crippen LogP contribution >= 0.6 is 15.9 Å². The first kappa shape index (κ1) is 18.3. The Morgan fingerprint density at radius 3 is 2.85 bits per heavy atom. The van der Waals surface area contributed by atoms with Gasteiger partial charge in [0.2, 0.25) is 5.72 Å². The summed E-state index contributed by atoms with van der Waals surface area (Å²) in [5.41, 5.74) is 0.626. The summed E-state index contributed by atoms with van der Waals surface area (Å²) in [6, 6.07) is 11.2. The lowest BCUT2D eigenvalue weighted by molar-refractivity contribution is -0.0401. The maximum Gasteiger partial charge on any atom is 0.409 e. The number of carbonyl (C=O) groups excluding carboxylic acids is 1. The zero-order valence-corrected chi connectivity index (χ0v) is 16.1. The van der Waals surface area contributed by atoms with E-state index < -0.39 is 11.8 Å². The van der Waals surface area contributed by atoms with Gasteiger partial charge < -0.3 is 9.47 Å². The fourth-order valence-electron chi connectivity index (χ4n) is 2.78. The molecule has 0 saturated heterocycles. The number of hydrogen-bond acceptors (Lipinski definition) is 5. The van der Waals surface area contributed by atoms with Crippen molar-refractivity contribution in [3.8, 4) is 0 Å². The molecule has 1 unspecified atom stereocenters. The van der Waals surface area contributed by atoms with Gasteiger partial charge in [0, 0.05) is 22.8 Å². The number of imidazole rings is 1. The van der Waals surface area contributed by atoms with E-state index in [0.29, 0.717) is 23.5 Å². The van der Waals surface area contributed by atoms with Gasteiger partial charge in [-0.2, -0.15) is 5.10 Å². The Balaban J connectivity index is 2.23. The molecule has 0 aliphatic carbocycles. The van der Waals surface area contributed by atoms with E-state index in [0.717, 1.165) is 4.47 Å². The van der Waals surface area contributed by atoms with Crippen LogP contribution < -0.4 is 5.32 Å². The summed E-state index contributed by atoms with van der Waals surface area (Å²) >= 11 is 3.48. The van der Waals surface area contributed by atoms with E-state index in [2.05, 4.69) is 31.3 Å². The Morgan fingerprint density at radius 2 is 2.12 bits per heavy atom. The molecule has 8 heteroatoms. The van der Waals surface area contributed by atoms with Gasteiger partial charge in [-0.15, -0.1) is 0 Å². The molecule has 0 bridgehead atoms. The lowest BCUT2D eigenvalue weighted by Crippen LogP contribution is -2.50. The van der Waals surface area contributed by atoms with Crippen LogP contribution in [0.25, 0.3) is 5.65 Å². The average molecular weight is 419 g/mol. The molecule has 1 atom stereocenters. The number of alkyl carbamates (subject to hydrolysis) is 1. The van der Waals surface area contributed by atoms with Gasteiger partial charge in [-0.25, -0.2) is 14.3 Å². The molecule has 0 aliphatic heterocycles. The van der Waals surface area contributed by atoms with E-state index in [9.17, 15) is 4.79 Å². The average Bonchev–Trinajstić information content (AvgIpc) is 3.06. The number of benzene rings is 1. The van der Waals surface area contributed by atoms with Crippen LogP contribution in [0.4, 0.5) is 4.79 Å². The van der Waals surface area contributed by atoms with E-state index in [4.69, 9.17) is 9.47 Å². The fraction of sp³-hybridized carbons (Fsp3) is 0.278. The normalized spacial score (nSPS) is 13.3. The highest BCUT2D eigenvalue weighted by atomic mass is 79.9. The Kier molecular flexibility index (Phi) is 5.53. The number of halogens is 1. The molecule has 7 nitrogen and oxygen atoms in total. The van der Waals surface area contributed by atoms with Gasteiger partial charge in [-0.3, -0.25) is 5.32 Å². The molecular weight excluding hydrogens is 400 g/mol. The Morgan fingerprint density at radius 1 is 1.27 bits per heavy atom. The first-order valence-corrected chi connectivity index (χ1v) is 9.04. The number of rotatable bonds is 6. The van der Waals surface area contributed by atoms with Crippen molar-refractivity contribution in [1.82, 2.24) is 19.9 Å². The zero-order valence-electron chi connectivity index (χ0n) is 14.5. The molecule has 3 rings (SSSR count). The highest BCUT2D eigenvalue weighted by Crippen LogP contribution is 2.33. The minimum atomic E-state index is -1.31. The molecule has 26 heavy (non-hydrogen) atoms. The second kappa shape index (κ2) is 7.84. The third-order valence-corrected chi connectivity index (χ3v) is 4.28. The molecule has 1 aromatic carbocycles. The number of carbonyl (C=O) groups is 1. The minimum Gasteiger partial charge on any atom is -0.450 e. The predicted octanol–water partition coefficient (Wildman–Crippen LogP) is 3.48. The number of nitrogens with one attached hydrogen (secondary N) is 1. The highest BCUT2D eigenvalue weighted by Gasteiger charge is 2.41. The molecule has 136 valence electrons. The third-order valence-electron chi connectivity index (χ3n) is 3.78. The summed E-state index contributed by atoms with van der Waals surface area (Å²) in [6.07, 6.45) is 2.71. The van der Waals surface area contributed by atoms with Crippen molar-refractivity contribution in [3.05, 3.63) is 64.5 Å². The molecule has 0 aliphatic rings. The molecule has 0 saturated carbocycles. The van der Waals surface area contributed by atoms with Gasteiger partial charge in [0.25, 0.3) is 0 Å². The summed E-state index contributed by atoms with van der Waals surface area (Å²) in [5.74, 6) is 0. The van der Waals surface area contributed by atoms with Crippen molar-refractivity contribution in [2.45, 2.75) is 19.6 Å². The van der Waals surface area contributed by atoms with Gasteiger partial charge >= 0.3 is 6.09 Å². The third kappa shape index (κ3) is 3.42. The van der Waals surface area contributed by atoms with Crippen molar-refractivity contribution in [2.75, 3.05) is 13.2 Å². The van der Waals surface area contributed by atoms with Crippen LogP contribution in [-0.2, 0) is 15.2 Å². The van der Waals surface area contributed by atoms with Crippen molar-refractivity contribution in [2.24, 2.45) is 0 Å². The SMILES string of the molecule is CCOC(=O)NC(OCC)(c1cccc(Br)c1)c1cnc2cccnn12. The second-order valence-corrected chi connectivity index (χ2v) is 6.32. The molecule has 1 amide bonds. The standard InChI is InChI=1S/C18H19BrN4O3/c1-3-25-17(24)22-18(26-4-2,13-7-5-8-14(19)11-13)15-12-20-16-9-6-10-21-23(15)16/h5-12H,3-4H2,1-2H3,(H,22,24). The van der Waals surface area contributed by atoms with Crippen LogP contribution in [0.15, 0.2) is 53.3 Å². The topological polar surface area (TPSA) is 77.8 Å². The number of nitrogens with zero attached hydrogens (tertiary/aromatic N) is 3. The van der Waals surface area contributed by atoms with Crippen molar-refractivity contribution in [1.29, 1.82) is 0 Å². The van der Waals surface area contributed by atoms with Crippen molar-refractivity contribution < 1.29 is 14.3 Å². The van der Waals surface area contributed by atoms with E-state index >= 15 is 0 Å². The molecule has 1 N–H and O–H groups in total. The Bertz CT molecular complexity index is 914. The monoisotopic (exact) mass is 418 g/mol. The smallest absolute Gasteiger partial charge is 0.409 e. The van der Waals surface area contributed by atoms with Gasteiger partial charge in [0.1, 0.15) is 5.69 Å². The van der Waals surface area contributed by atoms with Crippen molar-refractivity contribution in [3.63, 3.8) is 0 Å². The van der Waals surface area contributed by atoms with Gasteiger partial charge in [0.05, 0.1) is 12.8 Å². The molecule has 0 radical (unpaired) electrons. The van der Waals surface area contributed by atoms with Gasteiger partial charge in [-0.1, -0.05) is 28.1 Å². The van der Waals surface area contributed by atoms with E-state index in [1.54, 1.807) is 29.9 Å². The second-order valence-electron chi connectivity index (χ2n) is 5.41. The number of amides is 1. The minimum absolute atomic E-state index is 0.248. The number of aromatic nitrogens is 3. The molecule has 0 spiro atoms. The van der Waals surface area contributed by atoms with Gasteiger partial charge in [-0.05, 0) is 38.1 Å². The quantitative estimate of drug-likeness (QED) is 0.620. The predicted molar refractivity (Wildman–Crippen MR) is 99.7 cm³/mol. The Labute approximate surface area is 159 Å². The summed E-state index contributed by atoms with van der Waals surface area (Å²) < 4.78 is 13.7. The van der Waals surface area contributed by atoms with E-state index in [1.807, 2.05) is 37.3 Å². The maximum atomic E-state index is 12.3. The molecule has 2 aromatic heterocycles. The van der Waals surface area contributed by atoms with Crippen LogP contribution in [0.5, 0.6) is 0 Å². The first-order valence-electron chi connectivity index (χ1n) is 8.25. The van der Waals surface area contributed by atoms with Crippen LogP contribution in [0.1, 0.15) is 25.1 Å². The first-order chi connectivity index (χ1) is 12.6. The lowest BCUT2D eigenvalue weighted by Gasteiger charge is -2.33. The maximum absolute atomic E-state index is 12.3. The molecule has 0 fully saturated rings. The molecule has 3 aromatic rings. The highest BCUT2D eigenvalue weighted by molar-refractivity contribution is 9.10. The fourth-order valence-corrected chi connectivity index (χ4v) is 3.18. The lowest BCUT2D eigenvalue weighted by atomic mass is 9.99. The van der Waals surface area contributed by atoms with Crippen molar-refractivity contribution >= 4 is 27.7 Å². The number of ether oxygens (including phenoxy) is 2. The van der Waals surface area contributed by atoms with E-state index in [1.165, 1.54) is 0 Å². The summed E-state index contributed by atoms with van der Waals surface area (Å²) in [7, 11) is 0. The van der Waals surface area contributed by atoms with Crippen LogP contribution in [0, 0.1) is 0 Å². The summed E-state index contributed by atoms with van der Waals surface area (Å²) in [5, 5.41) is 7.23. The zero-order chi connectivity index (χ0) is 18.6. The van der Waals surface area contributed by atoms with Gasteiger partial charge in [0.15, 0.2) is 5.65 Å². The Hall–Kier alpha value is -2.45.